The quantitative estimate of drug-likeness (QED) is 0.722. The molecule has 0 aliphatic heterocycles. The molecule has 5 heteroatoms. The third kappa shape index (κ3) is 5.81. The number of amides is 1. The topological polar surface area (TPSA) is 47.6 Å². The smallest absolute Gasteiger partial charge is 0.225 e. The third-order valence-electron chi connectivity index (χ3n) is 2.09. The highest BCUT2D eigenvalue weighted by molar-refractivity contribution is 7.10. The lowest BCUT2D eigenvalue weighted by atomic mass is 10.3. The lowest BCUT2D eigenvalue weighted by Gasteiger charge is -2.17. The lowest BCUT2D eigenvalue weighted by molar-refractivity contribution is -0.140. The molecule has 0 unspecified atom stereocenters. The Balaban J connectivity index is 2.25. The standard InChI is InChI=1S/C12H19NO3S/c1-3-15-12(16-4-2)9-13-11(14)8-10-6-5-7-17-10/h5-7,12H,3-4,8-9H2,1-2H3,(H,13,14). The van der Waals surface area contributed by atoms with E-state index in [-0.39, 0.29) is 12.2 Å². The molecule has 1 amide bonds. The van der Waals surface area contributed by atoms with Crippen molar-refractivity contribution in [2.75, 3.05) is 19.8 Å². The summed E-state index contributed by atoms with van der Waals surface area (Å²) in [5.74, 6) is -0.00291. The zero-order valence-electron chi connectivity index (χ0n) is 10.3. The highest BCUT2D eigenvalue weighted by Gasteiger charge is 2.10. The lowest BCUT2D eigenvalue weighted by Crippen LogP contribution is -2.36. The molecule has 0 spiro atoms. The number of carbonyl (C=O) groups is 1. The van der Waals surface area contributed by atoms with E-state index in [2.05, 4.69) is 5.32 Å². The molecule has 0 saturated heterocycles. The summed E-state index contributed by atoms with van der Waals surface area (Å²) >= 11 is 1.58. The Labute approximate surface area is 106 Å². The van der Waals surface area contributed by atoms with Gasteiger partial charge in [0.05, 0.1) is 13.0 Å². The molecule has 4 nitrogen and oxygen atoms in total. The molecule has 1 heterocycles. The second kappa shape index (κ2) is 8.22. The molecule has 17 heavy (non-hydrogen) atoms. The molecule has 0 aliphatic carbocycles. The minimum Gasteiger partial charge on any atom is -0.351 e. The summed E-state index contributed by atoms with van der Waals surface area (Å²) in [6.07, 6.45) is 0.0695. The fraction of sp³-hybridized carbons (Fsp3) is 0.583. The van der Waals surface area contributed by atoms with Gasteiger partial charge >= 0.3 is 0 Å². The molecule has 96 valence electrons. The molecule has 1 rings (SSSR count). The van der Waals surface area contributed by atoms with Crippen molar-refractivity contribution >= 4 is 17.2 Å². The monoisotopic (exact) mass is 257 g/mol. The number of carbonyl (C=O) groups excluding carboxylic acids is 1. The minimum absolute atomic E-state index is 0.00291. The Bertz CT molecular complexity index is 308. The van der Waals surface area contributed by atoms with Crippen LogP contribution in [0.1, 0.15) is 18.7 Å². The van der Waals surface area contributed by atoms with E-state index in [9.17, 15) is 4.79 Å². The van der Waals surface area contributed by atoms with Gasteiger partial charge < -0.3 is 14.8 Å². The van der Waals surface area contributed by atoms with Gasteiger partial charge in [-0.25, -0.2) is 0 Å². The molecule has 1 N–H and O–H groups in total. The number of ether oxygens (including phenoxy) is 2. The van der Waals surface area contributed by atoms with Crippen molar-refractivity contribution in [3.8, 4) is 0 Å². The van der Waals surface area contributed by atoms with Gasteiger partial charge in [0.15, 0.2) is 6.29 Å². The van der Waals surface area contributed by atoms with Crippen molar-refractivity contribution in [3.63, 3.8) is 0 Å². The summed E-state index contributed by atoms with van der Waals surface area (Å²) in [4.78, 5) is 12.7. The first-order valence-corrected chi connectivity index (χ1v) is 6.66. The van der Waals surface area contributed by atoms with Crippen LogP contribution in [0.15, 0.2) is 17.5 Å². The summed E-state index contributed by atoms with van der Waals surface area (Å²) in [6.45, 7) is 5.35. The number of hydrogen-bond acceptors (Lipinski definition) is 4. The second-order valence-corrected chi connectivity index (χ2v) is 4.43. The summed E-state index contributed by atoms with van der Waals surface area (Å²) in [5, 5.41) is 4.77. The molecule has 1 aromatic rings. The van der Waals surface area contributed by atoms with Crippen LogP contribution in [-0.4, -0.2) is 32.0 Å². The molecular weight excluding hydrogens is 238 g/mol. The average Bonchev–Trinajstić information content (AvgIpc) is 2.79. The van der Waals surface area contributed by atoms with Crippen molar-refractivity contribution in [3.05, 3.63) is 22.4 Å². The van der Waals surface area contributed by atoms with Gasteiger partial charge in [0.2, 0.25) is 5.91 Å². The predicted octanol–water partition coefficient (Wildman–Crippen LogP) is 1.81. The Morgan fingerprint density at radius 3 is 2.65 bits per heavy atom. The number of hydrogen-bond donors (Lipinski definition) is 1. The fourth-order valence-electron chi connectivity index (χ4n) is 1.37. The molecule has 1 aromatic heterocycles. The van der Waals surface area contributed by atoms with Gasteiger partial charge in [-0.15, -0.1) is 11.3 Å². The van der Waals surface area contributed by atoms with Crippen LogP contribution in [0.4, 0.5) is 0 Å². The summed E-state index contributed by atoms with van der Waals surface area (Å²) in [7, 11) is 0. The van der Waals surface area contributed by atoms with Crippen LogP contribution < -0.4 is 5.32 Å². The normalized spacial score (nSPS) is 10.8. The number of rotatable bonds is 8. The van der Waals surface area contributed by atoms with E-state index >= 15 is 0 Å². The molecular formula is C12H19NO3S. The van der Waals surface area contributed by atoms with E-state index < -0.39 is 0 Å². The van der Waals surface area contributed by atoms with Crippen molar-refractivity contribution in [1.82, 2.24) is 5.32 Å². The Kier molecular flexibility index (Phi) is 6.84. The first-order chi connectivity index (χ1) is 8.26. The number of nitrogens with one attached hydrogen (secondary N) is 1. The van der Waals surface area contributed by atoms with Gasteiger partial charge in [0.1, 0.15) is 0 Å². The molecule has 0 bridgehead atoms. The van der Waals surface area contributed by atoms with Crippen molar-refractivity contribution < 1.29 is 14.3 Å². The minimum atomic E-state index is -0.350. The van der Waals surface area contributed by atoms with E-state index in [1.54, 1.807) is 11.3 Å². The Hall–Kier alpha value is -0.910. The molecule has 0 radical (unpaired) electrons. The maximum absolute atomic E-state index is 11.6. The summed E-state index contributed by atoms with van der Waals surface area (Å²) in [5.41, 5.74) is 0. The third-order valence-corrected chi connectivity index (χ3v) is 2.96. The van der Waals surface area contributed by atoms with Crippen molar-refractivity contribution in [2.45, 2.75) is 26.6 Å². The van der Waals surface area contributed by atoms with Crippen LogP contribution in [-0.2, 0) is 20.7 Å². The van der Waals surface area contributed by atoms with Crippen LogP contribution in [0, 0.1) is 0 Å². The molecule has 0 aliphatic rings. The van der Waals surface area contributed by atoms with Crippen molar-refractivity contribution in [2.24, 2.45) is 0 Å². The second-order valence-electron chi connectivity index (χ2n) is 3.40. The fourth-order valence-corrected chi connectivity index (χ4v) is 2.07. The van der Waals surface area contributed by atoms with E-state index in [0.717, 1.165) is 4.88 Å². The predicted molar refractivity (Wildman–Crippen MR) is 68.1 cm³/mol. The van der Waals surface area contributed by atoms with E-state index in [1.807, 2.05) is 31.4 Å². The van der Waals surface area contributed by atoms with Gasteiger partial charge in [-0.1, -0.05) is 6.07 Å². The van der Waals surface area contributed by atoms with Crippen LogP contribution in [0.2, 0.25) is 0 Å². The van der Waals surface area contributed by atoms with E-state index in [4.69, 9.17) is 9.47 Å². The molecule has 0 saturated carbocycles. The van der Waals surface area contributed by atoms with Gasteiger partial charge in [-0.2, -0.15) is 0 Å². The van der Waals surface area contributed by atoms with Crippen LogP contribution in [0.3, 0.4) is 0 Å². The van der Waals surface area contributed by atoms with Gasteiger partial charge in [0, 0.05) is 18.1 Å². The SMILES string of the molecule is CCOC(CNC(=O)Cc1cccs1)OCC. The summed E-state index contributed by atoms with van der Waals surface area (Å²) < 4.78 is 10.7. The average molecular weight is 257 g/mol. The molecule has 0 aromatic carbocycles. The maximum atomic E-state index is 11.6. The Morgan fingerprint density at radius 2 is 2.12 bits per heavy atom. The maximum Gasteiger partial charge on any atom is 0.225 e. The summed E-state index contributed by atoms with van der Waals surface area (Å²) in [6, 6.07) is 3.89. The molecule has 0 fully saturated rings. The van der Waals surface area contributed by atoms with E-state index in [1.165, 1.54) is 0 Å². The van der Waals surface area contributed by atoms with Crippen molar-refractivity contribution in [1.29, 1.82) is 0 Å². The first-order valence-electron chi connectivity index (χ1n) is 5.78. The Morgan fingerprint density at radius 1 is 1.41 bits per heavy atom. The number of thiophene rings is 1. The highest BCUT2D eigenvalue weighted by Crippen LogP contribution is 2.08. The highest BCUT2D eigenvalue weighted by atomic mass is 32.1. The zero-order chi connectivity index (χ0) is 12.5. The van der Waals surface area contributed by atoms with Crippen LogP contribution >= 0.6 is 11.3 Å². The van der Waals surface area contributed by atoms with Gasteiger partial charge in [0.25, 0.3) is 0 Å². The van der Waals surface area contributed by atoms with E-state index in [0.29, 0.717) is 26.2 Å². The van der Waals surface area contributed by atoms with Crippen LogP contribution in [0.5, 0.6) is 0 Å². The zero-order valence-corrected chi connectivity index (χ0v) is 11.1. The van der Waals surface area contributed by atoms with Gasteiger partial charge in [-0.3, -0.25) is 4.79 Å². The molecule has 0 atom stereocenters. The first kappa shape index (κ1) is 14.2. The van der Waals surface area contributed by atoms with Gasteiger partial charge in [-0.05, 0) is 25.3 Å². The largest absolute Gasteiger partial charge is 0.351 e. The van der Waals surface area contributed by atoms with Crippen LogP contribution in [0.25, 0.3) is 0 Å².